The van der Waals surface area contributed by atoms with Gasteiger partial charge in [0.1, 0.15) is 0 Å². The summed E-state index contributed by atoms with van der Waals surface area (Å²) in [5, 5.41) is 18.4. The molecule has 3 rings (SSSR count). The molecule has 1 aliphatic heterocycles. The van der Waals surface area contributed by atoms with Crippen molar-refractivity contribution in [3.63, 3.8) is 0 Å². The zero-order chi connectivity index (χ0) is 16.4. The largest absolute Gasteiger partial charge is 0.391 e. The molecule has 2 aromatic rings. The van der Waals surface area contributed by atoms with Gasteiger partial charge in [-0.1, -0.05) is 17.8 Å². The van der Waals surface area contributed by atoms with Crippen molar-refractivity contribution >= 4 is 21.6 Å². The fourth-order valence-corrected chi connectivity index (χ4v) is 5.96. The highest BCUT2D eigenvalue weighted by Crippen LogP contribution is 2.32. The molecule has 1 saturated heterocycles. The lowest BCUT2D eigenvalue weighted by Crippen LogP contribution is -2.20. The molecule has 0 saturated carbocycles. The van der Waals surface area contributed by atoms with Crippen LogP contribution in [0.4, 0.5) is 0 Å². The molecule has 0 aromatic carbocycles. The Morgan fingerprint density at radius 2 is 2.09 bits per heavy atom. The molecule has 1 fully saturated rings. The number of hydrogen-bond donors (Lipinski definition) is 1. The standard InChI is InChI=1S/C14H16N4O3S2/c1-2-7-18-13(10-3-5-15-6-4-10)16-17-14(18)22-12-9-23(20,21)8-11(12)19/h2-6,11-12,19H,1,7-9H2/t11-,12-/m0/s1. The third kappa shape index (κ3) is 3.46. The minimum atomic E-state index is -3.19. The molecule has 122 valence electrons. The van der Waals surface area contributed by atoms with Crippen LogP contribution in [0, 0.1) is 0 Å². The van der Waals surface area contributed by atoms with E-state index in [1.165, 1.54) is 11.8 Å². The number of aliphatic hydroxyl groups excluding tert-OH is 1. The lowest BCUT2D eigenvalue weighted by atomic mass is 10.2. The van der Waals surface area contributed by atoms with Crippen LogP contribution in [-0.2, 0) is 16.4 Å². The molecule has 2 atom stereocenters. The second-order valence-corrected chi connectivity index (χ2v) is 8.60. The van der Waals surface area contributed by atoms with Gasteiger partial charge in [-0.15, -0.1) is 16.8 Å². The molecule has 0 amide bonds. The van der Waals surface area contributed by atoms with Gasteiger partial charge in [-0.3, -0.25) is 9.55 Å². The van der Waals surface area contributed by atoms with Gasteiger partial charge in [-0.05, 0) is 12.1 Å². The van der Waals surface area contributed by atoms with Crippen molar-refractivity contribution in [1.82, 2.24) is 19.7 Å². The second kappa shape index (κ2) is 6.42. The average molecular weight is 352 g/mol. The van der Waals surface area contributed by atoms with E-state index >= 15 is 0 Å². The van der Waals surface area contributed by atoms with Crippen molar-refractivity contribution in [3.8, 4) is 11.4 Å². The van der Waals surface area contributed by atoms with E-state index < -0.39 is 21.2 Å². The summed E-state index contributed by atoms with van der Waals surface area (Å²) in [5.41, 5.74) is 0.862. The van der Waals surface area contributed by atoms with Gasteiger partial charge in [0, 0.05) is 24.5 Å². The van der Waals surface area contributed by atoms with E-state index in [1.807, 2.05) is 16.7 Å². The number of allylic oxidation sites excluding steroid dienone is 1. The quantitative estimate of drug-likeness (QED) is 0.794. The lowest BCUT2D eigenvalue weighted by molar-refractivity contribution is 0.207. The number of aromatic nitrogens is 4. The van der Waals surface area contributed by atoms with Crippen LogP contribution in [0.1, 0.15) is 0 Å². The molecule has 0 unspecified atom stereocenters. The summed E-state index contributed by atoms with van der Waals surface area (Å²) in [6.45, 7) is 4.23. The molecule has 2 aromatic heterocycles. The molecule has 9 heteroatoms. The lowest BCUT2D eigenvalue weighted by Gasteiger charge is -2.13. The van der Waals surface area contributed by atoms with Crippen molar-refractivity contribution in [2.75, 3.05) is 11.5 Å². The Balaban J connectivity index is 1.91. The van der Waals surface area contributed by atoms with Gasteiger partial charge in [0.25, 0.3) is 0 Å². The van der Waals surface area contributed by atoms with Crippen LogP contribution >= 0.6 is 11.8 Å². The highest BCUT2D eigenvalue weighted by molar-refractivity contribution is 8.01. The van der Waals surface area contributed by atoms with Crippen LogP contribution in [0.5, 0.6) is 0 Å². The summed E-state index contributed by atoms with van der Waals surface area (Å²) >= 11 is 1.24. The van der Waals surface area contributed by atoms with E-state index in [-0.39, 0.29) is 11.5 Å². The van der Waals surface area contributed by atoms with E-state index in [9.17, 15) is 13.5 Å². The molecule has 1 aliphatic rings. The maximum atomic E-state index is 11.6. The minimum Gasteiger partial charge on any atom is -0.391 e. The zero-order valence-electron chi connectivity index (χ0n) is 12.2. The summed E-state index contributed by atoms with van der Waals surface area (Å²) < 4.78 is 25.1. The monoisotopic (exact) mass is 352 g/mol. The summed E-state index contributed by atoms with van der Waals surface area (Å²) in [6, 6.07) is 3.65. The Labute approximate surface area is 138 Å². The van der Waals surface area contributed by atoms with Crippen molar-refractivity contribution in [1.29, 1.82) is 0 Å². The molecule has 0 aliphatic carbocycles. The molecule has 0 bridgehead atoms. The Kier molecular flexibility index (Phi) is 4.51. The maximum Gasteiger partial charge on any atom is 0.192 e. The zero-order valence-corrected chi connectivity index (χ0v) is 13.9. The van der Waals surface area contributed by atoms with Crippen molar-refractivity contribution in [3.05, 3.63) is 37.2 Å². The van der Waals surface area contributed by atoms with Gasteiger partial charge in [0.15, 0.2) is 20.8 Å². The molecular formula is C14H16N4O3S2. The molecule has 0 spiro atoms. The number of nitrogens with zero attached hydrogens (tertiary/aromatic N) is 4. The SMILES string of the molecule is C=CCn1c(S[C@H]2CS(=O)(=O)C[C@@H]2O)nnc1-c1ccncc1. The minimum absolute atomic E-state index is 0.0512. The Morgan fingerprint density at radius 1 is 1.35 bits per heavy atom. The molecule has 0 radical (unpaired) electrons. The predicted molar refractivity (Wildman–Crippen MR) is 87.8 cm³/mol. The number of thioether (sulfide) groups is 1. The van der Waals surface area contributed by atoms with Gasteiger partial charge in [-0.2, -0.15) is 0 Å². The normalized spacial score (nSPS) is 23.0. The van der Waals surface area contributed by atoms with Gasteiger partial charge in [-0.25, -0.2) is 8.42 Å². The number of hydrogen-bond acceptors (Lipinski definition) is 7. The van der Waals surface area contributed by atoms with E-state index in [4.69, 9.17) is 0 Å². The van der Waals surface area contributed by atoms with Gasteiger partial charge < -0.3 is 5.11 Å². The van der Waals surface area contributed by atoms with Crippen molar-refractivity contribution in [2.45, 2.75) is 23.1 Å². The topological polar surface area (TPSA) is 98.0 Å². The van der Waals surface area contributed by atoms with Crippen LogP contribution in [0.15, 0.2) is 42.3 Å². The highest BCUT2D eigenvalue weighted by Gasteiger charge is 2.38. The van der Waals surface area contributed by atoms with Crippen LogP contribution in [0.25, 0.3) is 11.4 Å². The summed E-state index contributed by atoms with van der Waals surface area (Å²) in [7, 11) is -3.19. The highest BCUT2D eigenvalue weighted by atomic mass is 32.2. The first-order valence-electron chi connectivity index (χ1n) is 7.00. The van der Waals surface area contributed by atoms with Gasteiger partial charge in [0.05, 0.1) is 22.9 Å². The number of rotatable bonds is 5. The van der Waals surface area contributed by atoms with Crippen LogP contribution in [0.3, 0.4) is 0 Å². The third-order valence-corrected chi connectivity index (χ3v) is 6.72. The first kappa shape index (κ1) is 16.2. The fourth-order valence-electron chi connectivity index (χ4n) is 2.43. The number of sulfone groups is 1. The first-order chi connectivity index (χ1) is 11.0. The van der Waals surface area contributed by atoms with E-state index in [2.05, 4.69) is 21.8 Å². The van der Waals surface area contributed by atoms with Gasteiger partial charge >= 0.3 is 0 Å². The molecule has 23 heavy (non-hydrogen) atoms. The third-order valence-electron chi connectivity index (χ3n) is 3.50. The summed E-state index contributed by atoms with van der Waals surface area (Å²) in [4.78, 5) is 3.98. The average Bonchev–Trinajstić information content (AvgIpc) is 3.01. The maximum absolute atomic E-state index is 11.6. The van der Waals surface area contributed by atoms with E-state index in [0.717, 1.165) is 5.56 Å². The van der Waals surface area contributed by atoms with Gasteiger partial charge in [0.2, 0.25) is 0 Å². The Bertz CT molecular complexity index is 805. The van der Waals surface area contributed by atoms with Crippen molar-refractivity contribution < 1.29 is 13.5 Å². The summed E-state index contributed by atoms with van der Waals surface area (Å²) in [5.74, 6) is 0.409. The second-order valence-electron chi connectivity index (χ2n) is 5.24. The van der Waals surface area contributed by atoms with Crippen LogP contribution in [-0.4, -0.2) is 56.1 Å². The van der Waals surface area contributed by atoms with E-state index in [1.54, 1.807) is 18.5 Å². The molecule has 1 N–H and O–H groups in total. The smallest absolute Gasteiger partial charge is 0.192 e. The molecule has 3 heterocycles. The summed E-state index contributed by atoms with van der Waals surface area (Å²) in [6.07, 6.45) is 4.17. The van der Waals surface area contributed by atoms with Crippen LogP contribution < -0.4 is 0 Å². The first-order valence-corrected chi connectivity index (χ1v) is 9.70. The molecular weight excluding hydrogens is 336 g/mol. The van der Waals surface area contributed by atoms with E-state index in [0.29, 0.717) is 17.5 Å². The van der Waals surface area contributed by atoms with Crippen molar-refractivity contribution in [2.24, 2.45) is 0 Å². The Hall–Kier alpha value is -1.71. The molecule has 7 nitrogen and oxygen atoms in total. The van der Waals surface area contributed by atoms with Crippen LogP contribution in [0.2, 0.25) is 0 Å². The predicted octanol–water partition coefficient (Wildman–Crippen LogP) is 0.776. The number of pyridine rings is 1. The Morgan fingerprint density at radius 3 is 2.70 bits per heavy atom. The fraction of sp³-hybridized carbons (Fsp3) is 0.357. The number of aliphatic hydroxyl groups is 1.